The number of nitrogens with zero attached hydrogens (tertiary/aromatic N) is 1. The van der Waals surface area contributed by atoms with Crippen LogP contribution in [0, 0.1) is 6.92 Å². The summed E-state index contributed by atoms with van der Waals surface area (Å²) in [6, 6.07) is 5.02. The smallest absolute Gasteiger partial charge is 0.260 e. The fraction of sp³-hybridized carbons (Fsp3) is 0.462. The average Bonchev–Trinajstić information content (AvgIpc) is 2.35. The molecule has 0 saturated heterocycles. The minimum Gasteiger partial charge on any atom is -0.483 e. The Hall–Kier alpha value is -1.26. The van der Waals surface area contributed by atoms with Crippen molar-refractivity contribution < 1.29 is 14.6 Å². The number of rotatable bonds is 5. The van der Waals surface area contributed by atoms with Crippen LogP contribution in [0.2, 0.25) is 5.02 Å². The van der Waals surface area contributed by atoms with Crippen molar-refractivity contribution in [3.63, 3.8) is 0 Å². The Balaban J connectivity index is 2.57. The zero-order valence-electron chi connectivity index (χ0n) is 10.8. The molecule has 1 aromatic rings. The molecule has 0 aliphatic heterocycles. The standard InChI is InChI=1S/C13H18ClNO3/c1-9-6-11(14)4-5-12(9)18-8-13(17)15(3)10(2)7-16/h4-6,10,16H,7-8H2,1-3H3. The Labute approximate surface area is 112 Å². The molecular formula is C13H18ClNO3. The summed E-state index contributed by atoms with van der Waals surface area (Å²) in [5, 5.41) is 9.60. The van der Waals surface area contributed by atoms with Gasteiger partial charge >= 0.3 is 0 Å². The van der Waals surface area contributed by atoms with Crippen LogP contribution >= 0.6 is 11.6 Å². The topological polar surface area (TPSA) is 49.8 Å². The summed E-state index contributed by atoms with van der Waals surface area (Å²) >= 11 is 5.83. The minimum atomic E-state index is -0.215. The van der Waals surface area contributed by atoms with E-state index < -0.39 is 0 Å². The third-order valence-corrected chi connectivity index (χ3v) is 3.04. The maximum absolute atomic E-state index is 11.8. The maximum Gasteiger partial charge on any atom is 0.260 e. The maximum atomic E-state index is 11.8. The second kappa shape index (κ2) is 6.61. The highest BCUT2D eigenvalue weighted by Crippen LogP contribution is 2.21. The fourth-order valence-electron chi connectivity index (χ4n) is 1.38. The number of hydrogen-bond acceptors (Lipinski definition) is 3. The van der Waals surface area contributed by atoms with E-state index in [0.717, 1.165) is 5.56 Å². The number of benzene rings is 1. The predicted octanol–water partition coefficient (Wildman–Crippen LogP) is 1.87. The fourth-order valence-corrected chi connectivity index (χ4v) is 1.61. The number of halogens is 1. The zero-order valence-corrected chi connectivity index (χ0v) is 11.6. The van der Waals surface area contributed by atoms with Gasteiger partial charge in [-0.25, -0.2) is 0 Å². The molecule has 0 fully saturated rings. The number of aliphatic hydroxyl groups is 1. The molecule has 0 aromatic heterocycles. The number of carbonyl (C=O) groups is 1. The first-order valence-electron chi connectivity index (χ1n) is 5.71. The molecule has 0 bridgehead atoms. The predicted molar refractivity (Wildman–Crippen MR) is 71.0 cm³/mol. The van der Waals surface area contributed by atoms with Crippen LogP contribution in [0.15, 0.2) is 18.2 Å². The summed E-state index contributed by atoms with van der Waals surface area (Å²) in [5.74, 6) is 0.462. The first-order chi connectivity index (χ1) is 8.45. The molecule has 1 amide bonds. The Morgan fingerprint density at radius 1 is 1.56 bits per heavy atom. The van der Waals surface area contributed by atoms with Crippen molar-refractivity contribution in [2.45, 2.75) is 19.9 Å². The lowest BCUT2D eigenvalue weighted by Gasteiger charge is -2.23. The number of likely N-dealkylation sites (N-methyl/N-ethyl adjacent to an activating group) is 1. The van der Waals surface area contributed by atoms with Gasteiger partial charge in [0.2, 0.25) is 0 Å². The van der Waals surface area contributed by atoms with Gasteiger partial charge in [0.1, 0.15) is 5.75 Å². The summed E-state index contributed by atoms with van der Waals surface area (Å²) in [6.45, 7) is 3.52. The van der Waals surface area contributed by atoms with Crippen LogP contribution in [-0.4, -0.2) is 42.2 Å². The highest BCUT2D eigenvalue weighted by Gasteiger charge is 2.15. The third-order valence-electron chi connectivity index (χ3n) is 2.81. The molecule has 0 heterocycles. The van der Waals surface area contributed by atoms with Gasteiger partial charge in [-0.15, -0.1) is 0 Å². The SMILES string of the molecule is Cc1cc(Cl)ccc1OCC(=O)N(C)C(C)CO. The lowest BCUT2D eigenvalue weighted by atomic mass is 10.2. The lowest BCUT2D eigenvalue weighted by Crippen LogP contribution is -2.40. The molecule has 5 heteroatoms. The van der Waals surface area contributed by atoms with Gasteiger partial charge < -0.3 is 14.7 Å². The zero-order chi connectivity index (χ0) is 13.7. The Morgan fingerprint density at radius 2 is 2.22 bits per heavy atom. The molecule has 1 atom stereocenters. The van der Waals surface area contributed by atoms with Crippen molar-refractivity contribution in [3.05, 3.63) is 28.8 Å². The van der Waals surface area contributed by atoms with Gasteiger partial charge in [0.15, 0.2) is 6.61 Å². The molecule has 1 aromatic carbocycles. The van der Waals surface area contributed by atoms with Gasteiger partial charge in [0.05, 0.1) is 12.6 Å². The molecule has 0 radical (unpaired) electrons. The molecule has 0 spiro atoms. The van der Waals surface area contributed by atoms with Crippen LogP contribution in [0.1, 0.15) is 12.5 Å². The van der Waals surface area contributed by atoms with Crippen molar-refractivity contribution >= 4 is 17.5 Å². The molecule has 1 unspecified atom stereocenters. The quantitative estimate of drug-likeness (QED) is 0.889. The van der Waals surface area contributed by atoms with E-state index in [9.17, 15) is 4.79 Å². The van der Waals surface area contributed by atoms with Gasteiger partial charge in [-0.3, -0.25) is 4.79 Å². The second-order valence-electron chi connectivity index (χ2n) is 4.23. The van der Waals surface area contributed by atoms with Crippen LogP contribution in [0.3, 0.4) is 0 Å². The van der Waals surface area contributed by atoms with Crippen molar-refractivity contribution in [2.75, 3.05) is 20.3 Å². The largest absolute Gasteiger partial charge is 0.483 e. The van der Waals surface area contributed by atoms with E-state index in [1.54, 1.807) is 32.2 Å². The van der Waals surface area contributed by atoms with Crippen molar-refractivity contribution in [1.82, 2.24) is 4.90 Å². The lowest BCUT2D eigenvalue weighted by molar-refractivity contribution is -0.134. The van der Waals surface area contributed by atoms with Gasteiger partial charge in [0, 0.05) is 12.1 Å². The number of aryl methyl sites for hydroxylation is 1. The summed E-state index contributed by atoms with van der Waals surface area (Å²) < 4.78 is 5.44. The number of aliphatic hydroxyl groups excluding tert-OH is 1. The third kappa shape index (κ3) is 3.89. The van der Waals surface area contributed by atoms with Crippen LogP contribution in [0.4, 0.5) is 0 Å². The summed E-state index contributed by atoms with van der Waals surface area (Å²) in [6.07, 6.45) is 0. The first kappa shape index (κ1) is 14.8. The normalized spacial score (nSPS) is 12.1. The van der Waals surface area contributed by atoms with Gasteiger partial charge in [-0.05, 0) is 37.6 Å². The van der Waals surface area contributed by atoms with E-state index in [0.29, 0.717) is 10.8 Å². The van der Waals surface area contributed by atoms with E-state index in [4.69, 9.17) is 21.4 Å². The van der Waals surface area contributed by atoms with E-state index in [-0.39, 0.29) is 25.2 Å². The van der Waals surface area contributed by atoms with E-state index in [1.165, 1.54) is 4.90 Å². The van der Waals surface area contributed by atoms with E-state index in [1.807, 2.05) is 6.92 Å². The van der Waals surface area contributed by atoms with Gasteiger partial charge in [-0.1, -0.05) is 11.6 Å². The molecule has 1 rings (SSSR count). The van der Waals surface area contributed by atoms with Gasteiger partial charge in [-0.2, -0.15) is 0 Å². The minimum absolute atomic E-state index is 0.0523. The highest BCUT2D eigenvalue weighted by molar-refractivity contribution is 6.30. The molecule has 4 nitrogen and oxygen atoms in total. The molecule has 1 N–H and O–H groups in total. The number of hydrogen-bond donors (Lipinski definition) is 1. The van der Waals surface area contributed by atoms with Gasteiger partial charge in [0.25, 0.3) is 5.91 Å². The molecule has 0 saturated carbocycles. The highest BCUT2D eigenvalue weighted by atomic mass is 35.5. The number of ether oxygens (including phenoxy) is 1. The molecule has 18 heavy (non-hydrogen) atoms. The Kier molecular flexibility index (Phi) is 5.44. The first-order valence-corrected chi connectivity index (χ1v) is 6.09. The Morgan fingerprint density at radius 3 is 2.78 bits per heavy atom. The average molecular weight is 272 g/mol. The summed E-state index contributed by atoms with van der Waals surface area (Å²) in [4.78, 5) is 13.2. The van der Waals surface area contributed by atoms with Crippen LogP contribution in [-0.2, 0) is 4.79 Å². The second-order valence-corrected chi connectivity index (χ2v) is 4.67. The van der Waals surface area contributed by atoms with E-state index >= 15 is 0 Å². The van der Waals surface area contributed by atoms with Crippen molar-refractivity contribution in [3.8, 4) is 5.75 Å². The van der Waals surface area contributed by atoms with Crippen LogP contribution in [0.25, 0.3) is 0 Å². The number of carbonyl (C=O) groups excluding carboxylic acids is 1. The molecular weight excluding hydrogens is 254 g/mol. The van der Waals surface area contributed by atoms with Crippen molar-refractivity contribution in [1.29, 1.82) is 0 Å². The molecule has 0 aliphatic carbocycles. The van der Waals surface area contributed by atoms with Crippen LogP contribution < -0.4 is 4.74 Å². The Bertz CT molecular complexity index is 423. The summed E-state index contributed by atoms with van der Waals surface area (Å²) in [7, 11) is 1.64. The molecule has 0 aliphatic rings. The molecule has 100 valence electrons. The summed E-state index contributed by atoms with van der Waals surface area (Å²) in [5.41, 5.74) is 0.883. The monoisotopic (exact) mass is 271 g/mol. The number of amides is 1. The van der Waals surface area contributed by atoms with Crippen molar-refractivity contribution in [2.24, 2.45) is 0 Å². The van der Waals surface area contributed by atoms with Crippen LogP contribution in [0.5, 0.6) is 5.75 Å². The van der Waals surface area contributed by atoms with E-state index in [2.05, 4.69) is 0 Å².